The number of hydrogen-bond acceptors (Lipinski definition) is 4. The van der Waals surface area contributed by atoms with E-state index in [1.165, 1.54) is 5.56 Å². The molecule has 0 unspecified atom stereocenters. The summed E-state index contributed by atoms with van der Waals surface area (Å²) < 4.78 is 5.14. The molecule has 2 saturated heterocycles. The number of morpholine rings is 1. The lowest BCUT2D eigenvalue weighted by Gasteiger charge is -2.42. The Labute approximate surface area is 155 Å². The number of nitrogens with zero attached hydrogens (tertiary/aromatic N) is 3. The first kappa shape index (κ1) is 18.9. The molecular formula is C20H29N3O3. The molecule has 1 atom stereocenters. The lowest BCUT2D eigenvalue weighted by molar-refractivity contribution is -0.149. The van der Waals surface area contributed by atoms with Crippen LogP contribution in [0.25, 0.3) is 0 Å². The van der Waals surface area contributed by atoms with Crippen molar-refractivity contribution in [3.8, 4) is 0 Å². The van der Waals surface area contributed by atoms with Gasteiger partial charge in [-0.25, -0.2) is 0 Å². The van der Waals surface area contributed by atoms with Crippen LogP contribution in [0.4, 0.5) is 0 Å². The third kappa shape index (κ3) is 4.83. The van der Waals surface area contributed by atoms with Crippen molar-refractivity contribution in [2.75, 3.05) is 45.9 Å². The van der Waals surface area contributed by atoms with Crippen molar-refractivity contribution in [2.45, 2.75) is 32.4 Å². The van der Waals surface area contributed by atoms with Crippen LogP contribution in [0.15, 0.2) is 30.3 Å². The first-order valence-corrected chi connectivity index (χ1v) is 9.58. The molecular weight excluding hydrogens is 330 g/mol. The molecule has 26 heavy (non-hydrogen) atoms. The Morgan fingerprint density at radius 2 is 2.00 bits per heavy atom. The van der Waals surface area contributed by atoms with Gasteiger partial charge in [0.1, 0.15) is 6.61 Å². The molecule has 6 heteroatoms. The van der Waals surface area contributed by atoms with E-state index in [1.807, 2.05) is 11.0 Å². The van der Waals surface area contributed by atoms with Gasteiger partial charge in [0.2, 0.25) is 11.8 Å². The van der Waals surface area contributed by atoms with Gasteiger partial charge < -0.3 is 14.5 Å². The first-order chi connectivity index (χ1) is 12.7. The van der Waals surface area contributed by atoms with E-state index in [0.717, 1.165) is 39.0 Å². The minimum atomic E-state index is -0.0857. The normalized spacial score (nSPS) is 21.9. The summed E-state index contributed by atoms with van der Waals surface area (Å²) in [7, 11) is 0. The molecule has 142 valence electrons. The highest BCUT2D eigenvalue weighted by Crippen LogP contribution is 2.18. The van der Waals surface area contributed by atoms with Crippen LogP contribution < -0.4 is 0 Å². The second-order valence-electron chi connectivity index (χ2n) is 7.11. The van der Waals surface area contributed by atoms with Crippen molar-refractivity contribution in [3.63, 3.8) is 0 Å². The molecule has 1 aromatic carbocycles. The van der Waals surface area contributed by atoms with Crippen LogP contribution in [0.2, 0.25) is 0 Å². The van der Waals surface area contributed by atoms with Crippen LogP contribution in [0, 0.1) is 0 Å². The maximum atomic E-state index is 12.7. The maximum Gasteiger partial charge on any atom is 0.249 e. The zero-order chi connectivity index (χ0) is 18.4. The van der Waals surface area contributed by atoms with Crippen molar-refractivity contribution < 1.29 is 14.3 Å². The summed E-state index contributed by atoms with van der Waals surface area (Å²) >= 11 is 0. The monoisotopic (exact) mass is 359 g/mol. The third-order valence-corrected chi connectivity index (χ3v) is 5.22. The SMILES string of the molecule is CCC[C@H]1CN(C(=O)CN2CCOCC2=O)CCN1Cc1ccccc1. The molecule has 3 rings (SSSR count). The van der Waals surface area contributed by atoms with Gasteiger partial charge in [-0.15, -0.1) is 0 Å². The molecule has 1 aromatic rings. The highest BCUT2D eigenvalue weighted by molar-refractivity contribution is 5.85. The molecule has 0 spiro atoms. The van der Waals surface area contributed by atoms with Crippen LogP contribution in [0.3, 0.4) is 0 Å². The smallest absolute Gasteiger partial charge is 0.249 e. The third-order valence-electron chi connectivity index (χ3n) is 5.22. The van der Waals surface area contributed by atoms with Crippen LogP contribution in [0.5, 0.6) is 0 Å². The van der Waals surface area contributed by atoms with Crippen molar-refractivity contribution in [1.29, 1.82) is 0 Å². The van der Waals surface area contributed by atoms with E-state index in [9.17, 15) is 9.59 Å². The minimum Gasteiger partial charge on any atom is -0.370 e. The number of piperazine rings is 1. The maximum absolute atomic E-state index is 12.7. The Balaban J connectivity index is 1.57. The molecule has 6 nitrogen and oxygen atoms in total. The van der Waals surface area contributed by atoms with E-state index in [1.54, 1.807) is 4.90 Å². The summed E-state index contributed by atoms with van der Waals surface area (Å²) in [5.74, 6) is -0.0295. The fourth-order valence-corrected chi connectivity index (χ4v) is 3.73. The number of benzene rings is 1. The van der Waals surface area contributed by atoms with Gasteiger partial charge in [0.15, 0.2) is 0 Å². The van der Waals surface area contributed by atoms with Crippen molar-refractivity contribution in [1.82, 2.24) is 14.7 Å². The molecule has 0 radical (unpaired) electrons. The predicted molar refractivity (Wildman–Crippen MR) is 99.5 cm³/mol. The largest absolute Gasteiger partial charge is 0.370 e. The van der Waals surface area contributed by atoms with Crippen molar-refractivity contribution in [2.24, 2.45) is 0 Å². The van der Waals surface area contributed by atoms with Gasteiger partial charge in [-0.2, -0.15) is 0 Å². The highest BCUT2D eigenvalue weighted by Gasteiger charge is 2.30. The van der Waals surface area contributed by atoms with Gasteiger partial charge in [-0.1, -0.05) is 43.7 Å². The summed E-state index contributed by atoms with van der Waals surface area (Å²) in [6.45, 7) is 6.77. The molecule has 0 aromatic heterocycles. The molecule has 0 bridgehead atoms. The average Bonchev–Trinajstić information content (AvgIpc) is 2.66. The summed E-state index contributed by atoms with van der Waals surface area (Å²) in [5, 5.41) is 0. The number of carbonyl (C=O) groups excluding carboxylic acids is 2. The topological polar surface area (TPSA) is 53.1 Å². The Hall–Kier alpha value is -1.92. The second-order valence-corrected chi connectivity index (χ2v) is 7.11. The van der Waals surface area contributed by atoms with E-state index in [2.05, 4.69) is 36.1 Å². The molecule has 0 N–H and O–H groups in total. The van der Waals surface area contributed by atoms with Gasteiger partial charge in [-0.3, -0.25) is 14.5 Å². The quantitative estimate of drug-likeness (QED) is 0.770. The Kier molecular flexibility index (Phi) is 6.63. The van der Waals surface area contributed by atoms with Crippen molar-refractivity contribution in [3.05, 3.63) is 35.9 Å². The van der Waals surface area contributed by atoms with Crippen LogP contribution >= 0.6 is 0 Å². The second kappa shape index (κ2) is 9.14. The molecule has 2 fully saturated rings. The molecule has 2 aliphatic rings. The minimum absolute atomic E-state index is 0.0562. The first-order valence-electron chi connectivity index (χ1n) is 9.58. The summed E-state index contributed by atoms with van der Waals surface area (Å²) in [5.41, 5.74) is 1.31. The zero-order valence-electron chi connectivity index (χ0n) is 15.6. The average molecular weight is 359 g/mol. The summed E-state index contributed by atoms with van der Waals surface area (Å²) in [4.78, 5) is 30.6. The van der Waals surface area contributed by atoms with Gasteiger partial charge in [0, 0.05) is 38.8 Å². The number of hydrogen-bond donors (Lipinski definition) is 0. The molecule has 0 aliphatic carbocycles. The van der Waals surface area contributed by atoms with Gasteiger partial charge >= 0.3 is 0 Å². The Morgan fingerprint density at radius 3 is 2.73 bits per heavy atom. The molecule has 2 heterocycles. The number of amides is 2. The lowest BCUT2D eigenvalue weighted by atomic mass is 10.0. The Morgan fingerprint density at radius 1 is 1.19 bits per heavy atom. The predicted octanol–water partition coefficient (Wildman–Crippen LogP) is 1.36. The van der Waals surface area contributed by atoms with Crippen LogP contribution in [-0.2, 0) is 20.9 Å². The van der Waals surface area contributed by atoms with Crippen LogP contribution in [-0.4, -0.2) is 78.5 Å². The zero-order valence-corrected chi connectivity index (χ0v) is 15.6. The highest BCUT2D eigenvalue weighted by atomic mass is 16.5. The fourth-order valence-electron chi connectivity index (χ4n) is 3.73. The number of ether oxygens (including phenoxy) is 1. The fraction of sp³-hybridized carbons (Fsp3) is 0.600. The van der Waals surface area contributed by atoms with E-state index in [4.69, 9.17) is 4.74 Å². The van der Waals surface area contributed by atoms with E-state index in [0.29, 0.717) is 19.2 Å². The number of rotatable bonds is 6. The number of carbonyl (C=O) groups is 2. The van der Waals surface area contributed by atoms with E-state index >= 15 is 0 Å². The Bertz CT molecular complexity index is 608. The lowest BCUT2D eigenvalue weighted by Crippen LogP contribution is -2.56. The van der Waals surface area contributed by atoms with E-state index in [-0.39, 0.29) is 25.0 Å². The molecule has 2 amide bonds. The standard InChI is InChI=1S/C20H29N3O3/c1-2-6-18-14-22(19(24)15-23-11-12-26-16-20(23)25)10-9-21(18)13-17-7-4-3-5-8-17/h3-5,7-8,18H,2,6,9-16H2,1H3/t18-/m0/s1. The molecule has 2 aliphatic heterocycles. The van der Waals surface area contributed by atoms with Crippen molar-refractivity contribution >= 4 is 11.8 Å². The molecule has 0 saturated carbocycles. The summed E-state index contributed by atoms with van der Waals surface area (Å²) in [6, 6.07) is 10.9. The van der Waals surface area contributed by atoms with Gasteiger partial charge in [0.25, 0.3) is 0 Å². The van der Waals surface area contributed by atoms with Crippen LogP contribution in [0.1, 0.15) is 25.3 Å². The van der Waals surface area contributed by atoms with Gasteiger partial charge in [0.05, 0.1) is 13.2 Å². The van der Waals surface area contributed by atoms with Gasteiger partial charge in [-0.05, 0) is 12.0 Å². The summed E-state index contributed by atoms with van der Waals surface area (Å²) in [6.07, 6.45) is 2.17. The van der Waals surface area contributed by atoms with E-state index < -0.39 is 0 Å².